The largest absolute Gasteiger partial charge is 0.417 e. The molecule has 1 unspecified atom stereocenters. The Balaban J connectivity index is 0.00000155. The Morgan fingerprint density at radius 3 is 2.53 bits per heavy atom. The first-order valence-electron chi connectivity index (χ1n) is 8.70. The number of thioether (sulfide) groups is 1. The van der Waals surface area contributed by atoms with Crippen molar-refractivity contribution in [3.63, 3.8) is 0 Å². The van der Waals surface area contributed by atoms with Gasteiger partial charge >= 0.3 is 6.18 Å². The number of aromatic nitrogens is 2. The molecule has 3 rings (SSSR count). The first-order chi connectivity index (χ1) is 14.2. The number of hydrogen-bond donors (Lipinski definition) is 2. The van der Waals surface area contributed by atoms with Gasteiger partial charge in [-0.1, -0.05) is 37.0 Å². The van der Waals surface area contributed by atoms with Gasteiger partial charge in [-0.3, -0.25) is 4.72 Å². The highest BCUT2D eigenvalue weighted by Gasteiger charge is 2.33. The summed E-state index contributed by atoms with van der Waals surface area (Å²) in [6.45, 7) is 4.00. The van der Waals surface area contributed by atoms with Gasteiger partial charge in [0, 0.05) is 22.3 Å². The van der Waals surface area contributed by atoms with Crippen molar-refractivity contribution in [3.05, 3.63) is 70.2 Å². The Bertz CT molecular complexity index is 999. The fourth-order valence-corrected chi connectivity index (χ4v) is 4.47. The van der Waals surface area contributed by atoms with Crippen LogP contribution in [0.5, 0.6) is 0 Å². The molecule has 0 aliphatic carbocycles. The van der Waals surface area contributed by atoms with E-state index in [1.807, 2.05) is 13.8 Å². The first-order valence-corrected chi connectivity index (χ1v) is 11.6. The van der Waals surface area contributed by atoms with Gasteiger partial charge in [0.1, 0.15) is 16.8 Å². The summed E-state index contributed by atoms with van der Waals surface area (Å²) in [5, 5.41) is -0.0559. The topological polar surface area (TPSA) is 57.8 Å². The monoisotopic (exact) mass is 495 g/mol. The van der Waals surface area contributed by atoms with Crippen LogP contribution in [0.1, 0.15) is 25.2 Å². The van der Waals surface area contributed by atoms with E-state index >= 15 is 0 Å². The zero-order valence-corrected chi connectivity index (χ0v) is 19.0. The minimum absolute atomic E-state index is 0.0568. The number of nitrogens with zero attached hydrogens (tertiary/aromatic N) is 1. The molecular formula is C19H18Cl2F3N3OS2. The molecule has 0 spiro atoms. The third-order valence-corrected chi connectivity index (χ3v) is 6.26. The summed E-state index contributed by atoms with van der Waals surface area (Å²) >= 11 is 13.0. The third-order valence-electron chi connectivity index (χ3n) is 3.52. The average molecular weight is 496 g/mol. The molecule has 162 valence electrons. The van der Waals surface area contributed by atoms with Crippen LogP contribution in [0, 0.1) is 0 Å². The van der Waals surface area contributed by atoms with Crippen molar-refractivity contribution in [3.8, 4) is 0 Å². The predicted molar refractivity (Wildman–Crippen MR) is 117 cm³/mol. The van der Waals surface area contributed by atoms with Crippen molar-refractivity contribution in [1.29, 1.82) is 0 Å². The Hall–Kier alpha value is -1.68. The van der Waals surface area contributed by atoms with E-state index in [-0.39, 0.29) is 4.90 Å². The predicted octanol–water partition coefficient (Wildman–Crippen LogP) is 7.19. The molecular weight excluding hydrogens is 478 g/mol. The molecule has 4 nitrogen and oxygen atoms in total. The maximum absolute atomic E-state index is 13.0. The molecule has 30 heavy (non-hydrogen) atoms. The minimum Gasteiger partial charge on any atom is -0.348 e. The lowest BCUT2D eigenvalue weighted by atomic mass is 10.2. The lowest BCUT2D eigenvalue weighted by Crippen LogP contribution is -2.10. The van der Waals surface area contributed by atoms with Crippen LogP contribution in [0.25, 0.3) is 0 Å². The third kappa shape index (κ3) is 6.66. The van der Waals surface area contributed by atoms with Crippen LogP contribution < -0.4 is 4.72 Å². The van der Waals surface area contributed by atoms with E-state index < -0.39 is 27.7 Å². The number of alkyl halides is 3. The Kier molecular flexibility index (Phi) is 9.09. The van der Waals surface area contributed by atoms with E-state index in [4.69, 9.17) is 23.2 Å². The second-order valence-electron chi connectivity index (χ2n) is 5.48. The van der Waals surface area contributed by atoms with Crippen molar-refractivity contribution in [2.24, 2.45) is 0 Å². The molecule has 0 aliphatic rings. The van der Waals surface area contributed by atoms with Gasteiger partial charge in [0.05, 0.1) is 26.9 Å². The number of halogens is 5. The molecule has 0 saturated heterocycles. The van der Waals surface area contributed by atoms with Gasteiger partial charge in [-0.25, -0.2) is 9.19 Å². The lowest BCUT2D eigenvalue weighted by Gasteiger charge is -2.14. The number of benzene rings is 2. The van der Waals surface area contributed by atoms with E-state index in [1.54, 1.807) is 30.6 Å². The number of anilines is 1. The molecule has 1 atom stereocenters. The van der Waals surface area contributed by atoms with E-state index in [1.165, 1.54) is 17.8 Å². The van der Waals surface area contributed by atoms with Gasteiger partial charge in [0.25, 0.3) is 0 Å². The normalized spacial score (nSPS) is 12.1. The van der Waals surface area contributed by atoms with Crippen LogP contribution in [0.4, 0.5) is 18.9 Å². The second kappa shape index (κ2) is 11.1. The quantitative estimate of drug-likeness (QED) is 0.355. The summed E-state index contributed by atoms with van der Waals surface area (Å²) in [7, 11) is -1.95. The van der Waals surface area contributed by atoms with E-state index in [0.717, 1.165) is 22.9 Å². The van der Waals surface area contributed by atoms with Crippen molar-refractivity contribution in [1.82, 2.24) is 9.97 Å². The summed E-state index contributed by atoms with van der Waals surface area (Å²) in [4.78, 5) is 7.76. The number of H-pyrrole nitrogens is 1. The standard InChI is InChI=1S/C17H12Cl2F3N3OS2.C2H6/c18-10-1-4-15(27-9-16-23-5-6-24-16)14(7-10)25-28(26)11-2-3-13(19)12(8-11)17(20,21)22;1-2/h1-8,25H,9H2,(H,23,24);1-2H3. The van der Waals surface area contributed by atoms with Gasteiger partial charge < -0.3 is 4.98 Å². The molecule has 0 saturated carbocycles. The molecule has 1 heterocycles. The Labute approximate surface area is 189 Å². The molecule has 0 fully saturated rings. The molecule has 11 heteroatoms. The fourth-order valence-electron chi connectivity index (χ4n) is 2.23. The summed E-state index contributed by atoms with van der Waals surface area (Å²) in [6, 6.07) is 8.09. The van der Waals surface area contributed by atoms with Gasteiger partial charge in [-0.15, -0.1) is 11.8 Å². The number of nitrogens with one attached hydrogen (secondary N) is 2. The number of imidazole rings is 1. The summed E-state index contributed by atoms with van der Waals surface area (Å²) in [5.74, 6) is 1.27. The summed E-state index contributed by atoms with van der Waals surface area (Å²) < 4.78 is 54.5. The molecule has 2 aromatic carbocycles. The zero-order chi connectivity index (χ0) is 22.3. The minimum atomic E-state index is -4.64. The fraction of sp³-hybridized carbons (Fsp3) is 0.211. The van der Waals surface area contributed by atoms with Gasteiger partial charge in [0.15, 0.2) is 0 Å². The molecule has 2 N–H and O–H groups in total. The van der Waals surface area contributed by atoms with E-state index in [0.29, 0.717) is 16.5 Å². The van der Waals surface area contributed by atoms with Crippen molar-refractivity contribution < 1.29 is 17.4 Å². The first kappa shape index (κ1) is 24.6. The molecule has 3 aromatic rings. The van der Waals surface area contributed by atoms with Crippen LogP contribution in [0.15, 0.2) is 58.6 Å². The summed E-state index contributed by atoms with van der Waals surface area (Å²) in [6.07, 6.45) is -1.31. The molecule has 0 radical (unpaired) electrons. The van der Waals surface area contributed by atoms with Gasteiger partial charge in [0.2, 0.25) is 0 Å². The average Bonchev–Trinajstić information content (AvgIpc) is 3.22. The maximum Gasteiger partial charge on any atom is 0.417 e. The molecule has 0 bridgehead atoms. The van der Waals surface area contributed by atoms with Crippen molar-refractivity contribution >= 4 is 51.6 Å². The van der Waals surface area contributed by atoms with Crippen LogP contribution in [0.2, 0.25) is 10.0 Å². The van der Waals surface area contributed by atoms with Crippen LogP contribution >= 0.6 is 35.0 Å². The number of rotatable bonds is 6. The molecule has 0 aliphatic heterocycles. The Morgan fingerprint density at radius 1 is 1.17 bits per heavy atom. The van der Waals surface area contributed by atoms with Gasteiger partial charge in [-0.2, -0.15) is 13.2 Å². The van der Waals surface area contributed by atoms with Crippen LogP contribution in [-0.4, -0.2) is 14.2 Å². The van der Waals surface area contributed by atoms with E-state index in [9.17, 15) is 17.4 Å². The van der Waals surface area contributed by atoms with E-state index in [2.05, 4.69) is 14.7 Å². The number of hydrogen-bond acceptors (Lipinski definition) is 3. The number of aromatic amines is 1. The maximum atomic E-state index is 13.0. The smallest absolute Gasteiger partial charge is 0.348 e. The molecule has 0 amide bonds. The lowest BCUT2D eigenvalue weighted by molar-refractivity contribution is -0.137. The van der Waals surface area contributed by atoms with Gasteiger partial charge in [-0.05, 0) is 36.4 Å². The van der Waals surface area contributed by atoms with Crippen LogP contribution in [-0.2, 0) is 22.9 Å². The highest BCUT2D eigenvalue weighted by molar-refractivity contribution is 7.98. The molecule has 1 aromatic heterocycles. The SMILES string of the molecule is CC.O=S(Nc1cc(Cl)ccc1SCc1ncc[nH]1)c1ccc(Cl)c(C(F)(F)F)c1. The zero-order valence-electron chi connectivity index (χ0n) is 15.9. The second-order valence-corrected chi connectivity index (χ2v) is 8.55. The Morgan fingerprint density at radius 2 is 1.90 bits per heavy atom. The van der Waals surface area contributed by atoms with Crippen molar-refractivity contribution in [2.75, 3.05) is 4.72 Å². The summed E-state index contributed by atoms with van der Waals surface area (Å²) in [5.41, 5.74) is -0.605. The highest BCUT2D eigenvalue weighted by Crippen LogP contribution is 2.36. The highest BCUT2D eigenvalue weighted by atomic mass is 35.5. The van der Waals surface area contributed by atoms with Crippen molar-refractivity contribution in [2.45, 2.75) is 35.6 Å². The van der Waals surface area contributed by atoms with Crippen LogP contribution in [0.3, 0.4) is 0 Å².